The lowest BCUT2D eigenvalue weighted by Crippen LogP contribution is -2.62. The molecule has 8 heteroatoms. The summed E-state index contributed by atoms with van der Waals surface area (Å²) in [5.74, 6) is -2.91. The molecule has 0 spiro atoms. The molecule has 2 aliphatic rings. The Bertz CT molecular complexity index is 425. The summed E-state index contributed by atoms with van der Waals surface area (Å²) in [6.07, 6.45) is -1.51. The van der Waals surface area contributed by atoms with Crippen molar-refractivity contribution in [2.75, 3.05) is 20.7 Å². The minimum absolute atomic E-state index is 0.286. The highest BCUT2D eigenvalue weighted by Crippen LogP contribution is 2.39. The van der Waals surface area contributed by atoms with Crippen LogP contribution in [0.3, 0.4) is 0 Å². The van der Waals surface area contributed by atoms with Gasteiger partial charge in [0.1, 0.15) is 17.7 Å². The minimum Gasteiger partial charge on any atom is -0.481 e. The minimum atomic E-state index is -1.78. The van der Waals surface area contributed by atoms with Gasteiger partial charge in [-0.25, -0.2) is 4.79 Å². The predicted octanol–water partition coefficient (Wildman–Crippen LogP) is -1.31. The van der Waals surface area contributed by atoms with Crippen molar-refractivity contribution in [2.45, 2.75) is 18.2 Å². The topological polar surface area (TPSA) is 107 Å². The number of hydrogen-bond donors (Lipinski definition) is 2. The van der Waals surface area contributed by atoms with Crippen molar-refractivity contribution in [3.8, 4) is 0 Å². The smallest absolute Gasteiger partial charge is 0.328 e. The summed E-state index contributed by atoms with van der Waals surface area (Å²) in [7, 11) is 2.73. The van der Waals surface area contributed by atoms with Gasteiger partial charge in [-0.15, -0.1) is 0 Å². The van der Waals surface area contributed by atoms with Crippen molar-refractivity contribution >= 4 is 17.9 Å². The predicted molar refractivity (Wildman–Crippen MR) is 56.4 cm³/mol. The Morgan fingerprint density at radius 2 is 2.11 bits per heavy atom. The van der Waals surface area contributed by atoms with Gasteiger partial charge < -0.3 is 19.8 Å². The van der Waals surface area contributed by atoms with E-state index in [2.05, 4.69) is 0 Å². The SMILES string of the molecule is CN1C(=O)C2C(OCC2(O)CC(=O)O)N(C)C1=O. The average Bonchev–Trinajstić information content (AvgIpc) is 2.60. The molecule has 0 radical (unpaired) electrons. The first kappa shape index (κ1) is 12.8. The number of carboxylic acid groups (broad SMARTS) is 1. The molecule has 0 aliphatic carbocycles. The molecule has 0 aromatic carbocycles. The van der Waals surface area contributed by atoms with Crippen LogP contribution >= 0.6 is 0 Å². The molecule has 18 heavy (non-hydrogen) atoms. The fourth-order valence-electron chi connectivity index (χ4n) is 2.44. The molecular weight excluding hydrogens is 244 g/mol. The highest BCUT2D eigenvalue weighted by Gasteiger charge is 2.59. The third kappa shape index (κ3) is 1.65. The summed E-state index contributed by atoms with van der Waals surface area (Å²) in [4.78, 5) is 36.5. The first-order valence-corrected chi connectivity index (χ1v) is 5.38. The number of imide groups is 1. The number of aliphatic carboxylic acids is 1. The van der Waals surface area contributed by atoms with E-state index in [1.54, 1.807) is 0 Å². The largest absolute Gasteiger partial charge is 0.481 e. The summed E-state index contributed by atoms with van der Waals surface area (Å²) in [5.41, 5.74) is -1.78. The van der Waals surface area contributed by atoms with Crippen molar-refractivity contribution < 1.29 is 29.3 Å². The number of aliphatic hydroxyl groups is 1. The van der Waals surface area contributed by atoms with Gasteiger partial charge in [-0.05, 0) is 0 Å². The Morgan fingerprint density at radius 3 is 2.67 bits per heavy atom. The van der Waals surface area contributed by atoms with E-state index in [4.69, 9.17) is 9.84 Å². The number of amides is 3. The van der Waals surface area contributed by atoms with Crippen LogP contribution in [-0.2, 0) is 14.3 Å². The number of carbonyl (C=O) groups is 3. The summed E-state index contributed by atoms with van der Waals surface area (Å²) in [5, 5.41) is 19.0. The number of urea groups is 1. The van der Waals surface area contributed by atoms with Gasteiger partial charge >= 0.3 is 12.0 Å². The molecule has 0 saturated carbocycles. The maximum Gasteiger partial charge on any atom is 0.328 e. The molecule has 2 saturated heterocycles. The van der Waals surface area contributed by atoms with Gasteiger partial charge in [0.25, 0.3) is 0 Å². The standard InChI is InChI=1S/C10H14N2O6/c1-11-7(15)6-8(12(2)9(11)16)18-4-10(6,17)3-5(13)14/h6,8,17H,3-4H2,1-2H3,(H,13,14). The Labute approximate surface area is 103 Å². The molecule has 0 bridgehead atoms. The zero-order valence-electron chi connectivity index (χ0n) is 9.99. The Hall–Kier alpha value is -1.67. The molecule has 3 unspecified atom stereocenters. The van der Waals surface area contributed by atoms with Crippen molar-refractivity contribution in [3.63, 3.8) is 0 Å². The highest BCUT2D eigenvalue weighted by atomic mass is 16.5. The van der Waals surface area contributed by atoms with Gasteiger partial charge in [-0.2, -0.15) is 0 Å². The fourth-order valence-corrected chi connectivity index (χ4v) is 2.44. The molecule has 0 aromatic rings. The normalized spacial score (nSPS) is 35.9. The van der Waals surface area contributed by atoms with Crippen molar-refractivity contribution in [3.05, 3.63) is 0 Å². The second-order valence-corrected chi connectivity index (χ2v) is 4.64. The van der Waals surface area contributed by atoms with E-state index in [1.165, 1.54) is 19.0 Å². The number of carboxylic acids is 1. The lowest BCUT2D eigenvalue weighted by Gasteiger charge is -2.40. The number of ether oxygens (including phenoxy) is 1. The molecule has 2 rings (SSSR count). The fraction of sp³-hybridized carbons (Fsp3) is 0.700. The van der Waals surface area contributed by atoms with Gasteiger partial charge in [-0.3, -0.25) is 14.5 Å². The first-order valence-electron chi connectivity index (χ1n) is 5.38. The van der Waals surface area contributed by atoms with Crippen LogP contribution in [0, 0.1) is 5.92 Å². The second-order valence-electron chi connectivity index (χ2n) is 4.64. The molecule has 3 atom stereocenters. The van der Waals surface area contributed by atoms with Crippen LogP contribution in [0.2, 0.25) is 0 Å². The summed E-state index contributed by atoms with van der Waals surface area (Å²) >= 11 is 0. The van der Waals surface area contributed by atoms with Crippen LogP contribution in [0.4, 0.5) is 4.79 Å². The maximum absolute atomic E-state index is 12.0. The summed E-state index contributed by atoms with van der Waals surface area (Å²) in [6, 6.07) is -0.541. The first-order chi connectivity index (χ1) is 8.28. The number of nitrogens with zero attached hydrogens (tertiary/aromatic N) is 2. The molecule has 0 aromatic heterocycles. The maximum atomic E-state index is 12.0. The summed E-state index contributed by atoms with van der Waals surface area (Å²) in [6.45, 7) is -0.286. The van der Waals surface area contributed by atoms with E-state index in [0.29, 0.717) is 0 Å². The lowest BCUT2D eigenvalue weighted by molar-refractivity contribution is -0.153. The van der Waals surface area contributed by atoms with Crippen molar-refractivity contribution in [2.24, 2.45) is 5.92 Å². The molecule has 3 amide bonds. The van der Waals surface area contributed by atoms with Crippen molar-refractivity contribution in [1.29, 1.82) is 0 Å². The lowest BCUT2D eigenvalue weighted by atomic mass is 9.83. The zero-order chi connectivity index (χ0) is 13.7. The molecule has 2 fully saturated rings. The number of carbonyl (C=O) groups excluding carboxylic acids is 2. The van der Waals surface area contributed by atoms with Crippen LogP contribution in [0.5, 0.6) is 0 Å². The number of rotatable bonds is 2. The van der Waals surface area contributed by atoms with Crippen LogP contribution < -0.4 is 0 Å². The van der Waals surface area contributed by atoms with Gasteiger partial charge in [-0.1, -0.05) is 0 Å². The molecule has 2 heterocycles. The van der Waals surface area contributed by atoms with E-state index < -0.39 is 42.1 Å². The molecule has 2 aliphatic heterocycles. The number of fused-ring (bicyclic) bond motifs is 1. The molecule has 2 N–H and O–H groups in total. The van der Waals surface area contributed by atoms with Crippen LogP contribution in [-0.4, -0.2) is 70.5 Å². The van der Waals surface area contributed by atoms with Gasteiger partial charge in [0.05, 0.1) is 13.0 Å². The average molecular weight is 258 g/mol. The highest BCUT2D eigenvalue weighted by molar-refractivity contribution is 5.99. The second kappa shape index (κ2) is 3.92. The molecular formula is C10H14N2O6. The van der Waals surface area contributed by atoms with Crippen molar-refractivity contribution in [1.82, 2.24) is 9.80 Å². The zero-order valence-corrected chi connectivity index (χ0v) is 9.99. The van der Waals surface area contributed by atoms with Gasteiger partial charge in [0.2, 0.25) is 5.91 Å². The van der Waals surface area contributed by atoms with E-state index in [0.717, 1.165) is 4.90 Å². The monoisotopic (exact) mass is 258 g/mol. The number of hydrogen-bond acceptors (Lipinski definition) is 5. The molecule has 8 nitrogen and oxygen atoms in total. The van der Waals surface area contributed by atoms with Crippen LogP contribution in [0.25, 0.3) is 0 Å². The van der Waals surface area contributed by atoms with E-state index in [9.17, 15) is 19.5 Å². The van der Waals surface area contributed by atoms with Gasteiger partial charge in [0, 0.05) is 14.1 Å². The molecule has 100 valence electrons. The Morgan fingerprint density at radius 1 is 1.50 bits per heavy atom. The Balaban J connectivity index is 2.34. The third-order valence-electron chi connectivity index (χ3n) is 3.39. The quantitative estimate of drug-likeness (QED) is 0.636. The van der Waals surface area contributed by atoms with E-state index in [1.807, 2.05) is 0 Å². The van der Waals surface area contributed by atoms with Crippen LogP contribution in [0.15, 0.2) is 0 Å². The summed E-state index contributed by atoms with van der Waals surface area (Å²) < 4.78 is 5.22. The van der Waals surface area contributed by atoms with E-state index in [-0.39, 0.29) is 6.61 Å². The third-order valence-corrected chi connectivity index (χ3v) is 3.39. The Kier molecular flexibility index (Phi) is 2.78. The van der Waals surface area contributed by atoms with Crippen LogP contribution in [0.1, 0.15) is 6.42 Å². The van der Waals surface area contributed by atoms with Gasteiger partial charge in [0.15, 0.2) is 0 Å². The van der Waals surface area contributed by atoms with E-state index >= 15 is 0 Å².